The van der Waals surface area contributed by atoms with E-state index in [1.54, 1.807) is 0 Å². The Bertz CT molecular complexity index is 619. The molecule has 0 rings (SSSR count). The fourth-order valence-electron chi connectivity index (χ4n) is 1.42. The molecule has 0 heterocycles. The van der Waals surface area contributed by atoms with Crippen molar-refractivity contribution >= 4 is 10.1 Å². The van der Waals surface area contributed by atoms with Crippen molar-refractivity contribution in [2.45, 2.75) is 54.1 Å². The Labute approximate surface area is 140 Å². The SMILES string of the molecule is O=S(=O)(O)C(F)C(F)(F)C(F)(F)C(F)(F)C(F)(F)C(F)C(F)C(F)C(F)F. The lowest BCUT2D eigenvalue weighted by Gasteiger charge is -2.38. The van der Waals surface area contributed by atoms with E-state index >= 15 is 0 Å². The first kappa shape index (κ1) is 25.9. The molecule has 0 amide bonds. The summed E-state index contributed by atoms with van der Waals surface area (Å²) in [6.45, 7) is 0. The van der Waals surface area contributed by atoms with E-state index in [0.29, 0.717) is 0 Å². The third-order valence-electron chi connectivity index (χ3n) is 2.95. The Balaban J connectivity index is 6.20. The van der Waals surface area contributed by atoms with Crippen LogP contribution in [0.2, 0.25) is 0 Å². The van der Waals surface area contributed by atoms with Crippen LogP contribution in [0.25, 0.3) is 0 Å². The highest BCUT2D eigenvalue weighted by atomic mass is 32.2. The van der Waals surface area contributed by atoms with Crippen LogP contribution in [0.5, 0.6) is 0 Å². The lowest BCUT2D eigenvalue weighted by molar-refractivity contribution is -0.382. The van der Waals surface area contributed by atoms with Crippen molar-refractivity contribution in [3.05, 3.63) is 0 Å². The van der Waals surface area contributed by atoms with Crippen LogP contribution in [0.15, 0.2) is 0 Å². The van der Waals surface area contributed by atoms with Gasteiger partial charge in [-0.3, -0.25) is 4.55 Å². The third-order valence-corrected chi connectivity index (χ3v) is 3.77. The molecule has 0 aliphatic rings. The molecule has 4 atom stereocenters. The van der Waals surface area contributed by atoms with Crippen LogP contribution in [0.1, 0.15) is 0 Å². The van der Waals surface area contributed by atoms with Crippen LogP contribution < -0.4 is 0 Å². The molecule has 0 aliphatic carbocycles. The number of rotatable bonds is 9. The number of hydrogen-bond acceptors (Lipinski definition) is 2. The van der Waals surface area contributed by atoms with Crippen LogP contribution in [0.3, 0.4) is 0 Å². The lowest BCUT2D eigenvalue weighted by Crippen LogP contribution is -2.68. The molecule has 0 saturated carbocycles. The highest BCUT2D eigenvalue weighted by Crippen LogP contribution is 2.56. The van der Waals surface area contributed by atoms with Crippen LogP contribution in [-0.2, 0) is 10.1 Å². The molecule has 0 saturated heterocycles. The van der Waals surface area contributed by atoms with E-state index in [4.69, 9.17) is 4.55 Å². The summed E-state index contributed by atoms with van der Waals surface area (Å²) < 4.78 is 207. The number of alkyl halides is 14. The van der Waals surface area contributed by atoms with Gasteiger partial charge in [-0.15, -0.1) is 0 Å². The molecule has 0 aromatic heterocycles. The molecule has 0 spiro atoms. The van der Waals surface area contributed by atoms with Crippen LogP contribution in [0, 0.1) is 0 Å². The second-order valence-corrected chi connectivity index (χ2v) is 6.29. The fourth-order valence-corrected chi connectivity index (χ4v) is 1.94. The van der Waals surface area contributed by atoms with E-state index in [1.165, 1.54) is 0 Å². The zero-order valence-corrected chi connectivity index (χ0v) is 12.7. The van der Waals surface area contributed by atoms with Crippen molar-refractivity contribution in [3.63, 3.8) is 0 Å². The summed E-state index contributed by atoms with van der Waals surface area (Å²) in [5.41, 5.74) is -5.64. The molecule has 0 radical (unpaired) electrons. The molecule has 0 fully saturated rings. The predicted octanol–water partition coefficient (Wildman–Crippen LogP) is 3.99. The van der Waals surface area contributed by atoms with Crippen LogP contribution in [0.4, 0.5) is 61.5 Å². The van der Waals surface area contributed by atoms with Gasteiger partial charge in [-0.05, 0) is 0 Å². The van der Waals surface area contributed by atoms with Crippen molar-refractivity contribution in [3.8, 4) is 0 Å². The van der Waals surface area contributed by atoms with Crippen molar-refractivity contribution < 1.29 is 74.4 Å². The maximum Gasteiger partial charge on any atom is 0.382 e. The van der Waals surface area contributed by atoms with Gasteiger partial charge in [0.15, 0.2) is 12.3 Å². The van der Waals surface area contributed by atoms with Gasteiger partial charge in [-0.25, -0.2) is 26.3 Å². The molecule has 0 aromatic rings. The van der Waals surface area contributed by atoms with Gasteiger partial charge < -0.3 is 0 Å². The Morgan fingerprint density at radius 3 is 1.26 bits per heavy atom. The molecule has 0 bridgehead atoms. The molecule has 18 heteroatoms. The highest BCUT2D eigenvalue weighted by Gasteiger charge is 2.85. The minimum absolute atomic E-state index is 4.58. The van der Waals surface area contributed by atoms with Gasteiger partial charge in [0.2, 0.25) is 6.17 Å². The maximum absolute atomic E-state index is 13.2. The van der Waals surface area contributed by atoms with E-state index < -0.39 is 64.3 Å². The molecular formula is C9H6F14O3S. The van der Waals surface area contributed by atoms with Gasteiger partial charge in [0.1, 0.15) is 0 Å². The quantitative estimate of drug-likeness (QED) is 0.419. The molecule has 3 nitrogen and oxygen atoms in total. The number of halogens is 14. The molecule has 4 unspecified atom stereocenters. The summed E-state index contributed by atoms with van der Waals surface area (Å²) in [6.07, 6.45) is -19.7. The third kappa shape index (κ3) is 4.19. The van der Waals surface area contributed by atoms with Crippen molar-refractivity contribution in [2.24, 2.45) is 0 Å². The Hall–Kier alpha value is -1.07. The zero-order valence-electron chi connectivity index (χ0n) is 11.9. The fraction of sp³-hybridized carbons (Fsp3) is 1.00. The minimum atomic E-state index is -7.86. The van der Waals surface area contributed by atoms with E-state index in [-0.39, 0.29) is 0 Å². The highest BCUT2D eigenvalue weighted by molar-refractivity contribution is 7.86. The van der Waals surface area contributed by atoms with Crippen molar-refractivity contribution in [2.75, 3.05) is 0 Å². The van der Waals surface area contributed by atoms with Crippen molar-refractivity contribution in [1.29, 1.82) is 0 Å². The first-order valence-electron chi connectivity index (χ1n) is 5.90. The van der Waals surface area contributed by atoms with Crippen molar-refractivity contribution in [1.82, 2.24) is 0 Å². The molecule has 164 valence electrons. The lowest BCUT2D eigenvalue weighted by atomic mass is 9.93. The molecular weight excluding hydrogens is 454 g/mol. The molecule has 1 N–H and O–H groups in total. The Kier molecular flexibility index (Phi) is 7.10. The molecule has 0 aliphatic heterocycles. The average molecular weight is 460 g/mol. The standard InChI is InChI=1S/C9H6F14O3S/c10-1(2(11)4(13)14)3(12)6(16,17)8(20,21)9(22,23)7(18,19)5(15)27(24,25)26/h1-5H,(H,24,25,26). The van der Waals surface area contributed by atoms with Gasteiger partial charge >= 0.3 is 33.8 Å². The number of hydrogen-bond donors (Lipinski definition) is 1. The second kappa shape index (κ2) is 7.40. The van der Waals surface area contributed by atoms with Crippen LogP contribution >= 0.6 is 0 Å². The smallest absolute Gasteiger partial charge is 0.283 e. The summed E-state index contributed by atoms with van der Waals surface area (Å²) in [5, 5.41) is 0. The van der Waals surface area contributed by atoms with Gasteiger partial charge in [-0.1, -0.05) is 0 Å². The molecule has 0 aromatic carbocycles. The van der Waals surface area contributed by atoms with E-state index in [1.807, 2.05) is 0 Å². The zero-order chi connectivity index (χ0) is 22.4. The summed E-state index contributed by atoms with van der Waals surface area (Å²) >= 11 is 0. The summed E-state index contributed by atoms with van der Waals surface area (Å²) in [5.74, 6) is -30.4. The van der Waals surface area contributed by atoms with Crippen LogP contribution in [-0.4, -0.2) is 67.1 Å². The largest absolute Gasteiger partial charge is 0.382 e. The molecule has 27 heavy (non-hydrogen) atoms. The first-order chi connectivity index (χ1) is 11.6. The Morgan fingerprint density at radius 1 is 0.630 bits per heavy atom. The predicted molar refractivity (Wildman–Crippen MR) is 56.9 cm³/mol. The Morgan fingerprint density at radius 2 is 0.963 bits per heavy atom. The van der Waals surface area contributed by atoms with E-state index in [2.05, 4.69) is 0 Å². The summed E-state index contributed by atoms with van der Waals surface area (Å²) in [6, 6.07) is 0. The normalized spacial score (nSPS) is 19.7. The topological polar surface area (TPSA) is 54.4 Å². The summed E-state index contributed by atoms with van der Waals surface area (Å²) in [4.78, 5) is 0. The van der Waals surface area contributed by atoms with Gasteiger partial charge in [-0.2, -0.15) is 43.5 Å². The minimum Gasteiger partial charge on any atom is -0.283 e. The maximum atomic E-state index is 13.2. The van der Waals surface area contributed by atoms with Gasteiger partial charge in [0.05, 0.1) is 0 Å². The van der Waals surface area contributed by atoms with E-state index in [0.717, 1.165) is 0 Å². The summed E-state index contributed by atoms with van der Waals surface area (Å²) in [7, 11) is -6.91. The average Bonchev–Trinajstić information content (AvgIpc) is 2.49. The van der Waals surface area contributed by atoms with E-state index in [9.17, 15) is 69.9 Å². The monoisotopic (exact) mass is 460 g/mol. The first-order valence-corrected chi connectivity index (χ1v) is 7.40. The second-order valence-electron chi connectivity index (χ2n) is 4.85. The van der Waals surface area contributed by atoms with Gasteiger partial charge in [0.25, 0.3) is 11.9 Å². The van der Waals surface area contributed by atoms with Gasteiger partial charge in [0, 0.05) is 0 Å².